The first kappa shape index (κ1) is 16.3. The third-order valence-corrected chi connectivity index (χ3v) is 4.06. The maximum atomic E-state index is 12.5. The molecule has 1 aromatic carbocycles. The minimum Gasteiger partial charge on any atom is -0.314 e. The van der Waals surface area contributed by atoms with Gasteiger partial charge in [0.2, 0.25) is 0 Å². The zero-order valence-corrected chi connectivity index (χ0v) is 12.4. The van der Waals surface area contributed by atoms with Crippen LogP contribution in [0.5, 0.6) is 0 Å². The Morgan fingerprint density at radius 1 is 1.19 bits per heavy atom. The van der Waals surface area contributed by atoms with Crippen LogP contribution in [0.2, 0.25) is 0 Å². The van der Waals surface area contributed by atoms with E-state index in [1.807, 2.05) is 0 Å². The first-order chi connectivity index (χ1) is 9.99. The summed E-state index contributed by atoms with van der Waals surface area (Å²) in [5.41, 5.74) is 0.374. The number of benzene rings is 1. The lowest BCUT2D eigenvalue weighted by Gasteiger charge is -2.28. The third kappa shape index (κ3) is 5.00. The van der Waals surface area contributed by atoms with Crippen LogP contribution in [0.15, 0.2) is 24.3 Å². The summed E-state index contributed by atoms with van der Waals surface area (Å²) in [4.78, 5) is 2.34. The quantitative estimate of drug-likeness (QED) is 0.916. The van der Waals surface area contributed by atoms with Crippen LogP contribution in [0.4, 0.5) is 13.2 Å². The molecule has 21 heavy (non-hydrogen) atoms. The van der Waals surface area contributed by atoms with Crippen molar-refractivity contribution >= 4 is 0 Å². The van der Waals surface area contributed by atoms with Crippen LogP contribution in [-0.2, 0) is 12.7 Å². The fourth-order valence-electron chi connectivity index (χ4n) is 2.73. The molecule has 1 heterocycles. The van der Waals surface area contributed by atoms with Crippen LogP contribution < -0.4 is 5.32 Å². The molecular weight excluding hydrogens is 277 g/mol. The summed E-state index contributed by atoms with van der Waals surface area (Å²) >= 11 is 0. The monoisotopic (exact) mass is 300 g/mol. The molecule has 2 nitrogen and oxygen atoms in total. The summed E-state index contributed by atoms with van der Waals surface area (Å²) in [6.07, 6.45) is -0.957. The Labute approximate surface area is 124 Å². The zero-order chi connectivity index (χ0) is 15.3. The van der Waals surface area contributed by atoms with Crippen molar-refractivity contribution in [3.05, 3.63) is 35.4 Å². The van der Waals surface area contributed by atoms with Crippen LogP contribution in [0, 0.1) is 0 Å². The molecule has 0 saturated carbocycles. The first-order valence-electron chi connectivity index (χ1n) is 7.61. The molecule has 2 rings (SSSR count). The lowest BCUT2D eigenvalue weighted by Crippen LogP contribution is -2.39. The van der Waals surface area contributed by atoms with Gasteiger partial charge < -0.3 is 5.32 Å². The summed E-state index contributed by atoms with van der Waals surface area (Å²) in [7, 11) is 0. The van der Waals surface area contributed by atoms with Crippen molar-refractivity contribution < 1.29 is 13.2 Å². The van der Waals surface area contributed by atoms with Gasteiger partial charge >= 0.3 is 6.18 Å². The molecule has 0 aromatic heterocycles. The second kappa shape index (κ2) is 7.27. The highest BCUT2D eigenvalue weighted by Crippen LogP contribution is 2.29. The van der Waals surface area contributed by atoms with Crippen LogP contribution in [0.25, 0.3) is 0 Å². The molecule has 5 heteroatoms. The van der Waals surface area contributed by atoms with E-state index in [9.17, 15) is 13.2 Å². The van der Waals surface area contributed by atoms with E-state index in [2.05, 4.69) is 17.1 Å². The van der Waals surface area contributed by atoms with Crippen molar-refractivity contribution in [2.75, 3.05) is 19.6 Å². The van der Waals surface area contributed by atoms with E-state index in [-0.39, 0.29) is 0 Å². The normalized spacial score (nSPS) is 21.8. The Morgan fingerprint density at radius 3 is 2.52 bits per heavy atom. The summed E-state index contributed by atoms with van der Waals surface area (Å²) in [5, 5.41) is 3.53. The van der Waals surface area contributed by atoms with E-state index >= 15 is 0 Å². The molecule has 1 N–H and O–H groups in total. The number of hydrogen-bond donors (Lipinski definition) is 1. The zero-order valence-electron chi connectivity index (χ0n) is 12.4. The van der Waals surface area contributed by atoms with Crippen LogP contribution >= 0.6 is 0 Å². The van der Waals surface area contributed by atoms with Gasteiger partial charge in [-0.2, -0.15) is 13.2 Å². The third-order valence-electron chi connectivity index (χ3n) is 4.06. The van der Waals surface area contributed by atoms with Gasteiger partial charge in [-0.25, -0.2) is 0 Å². The number of alkyl halides is 3. The Kier molecular flexibility index (Phi) is 5.65. The molecule has 0 spiro atoms. The van der Waals surface area contributed by atoms with Gasteiger partial charge in [0, 0.05) is 12.6 Å². The van der Waals surface area contributed by atoms with Crippen LogP contribution in [0.3, 0.4) is 0 Å². The lowest BCUT2D eigenvalue weighted by atomic mass is 10.1. The van der Waals surface area contributed by atoms with Gasteiger partial charge in [-0.1, -0.05) is 19.1 Å². The van der Waals surface area contributed by atoms with Gasteiger partial charge in [0.15, 0.2) is 0 Å². The topological polar surface area (TPSA) is 15.3 Å². The molecule has 0 aliphatic carbocycles. The second-order valence-electron chi connectivity index (χ2n) is 5.67. The van der Waals surface area contributed by atoms with Gasteiger partial charge in [0.1, 0.15) is 0 Å². The minimum atomic E-state index is -4.25. The van der Waals surface area contributed by atoms with Crippen molar-refractivity contribution in [3.8, 4) is 0 Å². The molecule has 1 atom stereocenters. The van der Waals surface area contributed by atoms with Gasteiger partial charge in [0.25, 0.3) is 0 Å². The maximum absolute atomic E-state index is 12.5. The van der Waals surface area contributed by atoms with E-state index in [4.69, 9.17) is 0 Å². The van der Waals surface area contributed by atoms with E-state index < -0.39 is 11.7 Å². The molecule has 1 aliphatic rings. The highest BCUT2D eigenvalue weighted by molar-refractivity contribution is 5.24. The van der Waals surface area contributed by atoms with Crippen LogP contribution in [-0.4, -0.2) is 30.6 Å². The minimum absolute atomic E-state index is 0.556. The van der Waals surface area contributed by atoms with E-state index in [1.54, 1.807) is 12.1 Å². The van der Waals surface area contributed by atoms with E-state index in [0.717, 1.165) is 51.0 Å². The molecule has 1 saturated heterocycles. The molecule has 0 amide bonds. The van der Waals surface area contributed by atoms with Gasteiger partial charge in [-0.15, -0.1) is 0 Å². The fraction of sp³-hybridized carbons (Fsp3) is 0.625. The number of hydrogen-bond acceptors (Lipinski definition) is 2. The highest BCUT2D eigenvalue weighted by atomic mass is 19.4. The van der Waals surface area contributed by atoms with Gasteiger partial charge in [0.05, 0.1) is 5.56 Å². The fourth-order valence-corrected chi connectivity index (χ4v) is 2.73. The predicted molar refractivity (Wildman–Crippen MR) is 78.0 cm³/mol. The number of halogens is 3. The number of nitrogens with one attached hydrogen (secondary N) is 1. The molecule has 1 unspecified atom stereocenters. The highest BCUT2D eigenvalue weighted by Gasteiger charge is 2.29. The summed E-state index contributed by atoms with van der Waals surface area (Å²) in [6.45, 7) is 5.91. The molecular formula is C16H23F3N2. The molecule has 1 fully saturated rings. The predicted octanol–water partition coefficient (Wildman–Crippen LogP) is 3.67. The lowest BCUT2D eigenvalue weighted by molar-refractivity contribution is -0.137. The van der Waals surface area contributed by atoms with Crippen molar-refractivity contribution in [2.24, 2.45) is 0 Å². The van der Waals surface area contributed by atoms with E-state index in [0.29, 0.717) is 6.04 Å². The van der Waals surface area contributed by atoms with Crippen molar-refractivity contribution in [3.63, 3.8) is 0 Å². The van der Waals surface area contributed by atoms with Crippen molar-refractivity contribution in [1.29, 1.82) is 0 Å². The first-order valence-corrected chi connectivity index (χ1v) is 7.61. The Morgan fingerprint density at radius 2 is 1.90 bits per heavy atom. The molecule has 0 radical (unpaired) electrons. The number of rotatable bonds is 3. The van der Waals surface area contributed by atoms with Crippen molar-refractivity contribution in [2.45, 2.75) is 44.9 Å². The average molecular weight is 300 g/mol. The summed E-state index contributed by atoms with van der Waals surface area (Å²) < 4.78 is 37.6. The molecule has 1 aliphatic heterocycles. The SMILES string of the molecule is CCC1CCN(Cc2ccc(C(F)(F)F)cc2)CCCN1. The largest absolute Gasteiger partial charge is 0.416 e. The summed E-state index contributed by atoms with van der Waals surface area (Å²) in [5.74, 6) is 0. The van der Waals surface area contributed by atoms with Crippen molar-refractivity contribution in [1.82, 2.24) is 10.2 Å². The maximum Gasteiger partial charge on any atom is 0.416 e. The van der Waals surface area contributed by atoms with Gasteiger partial charge in [-0.05, 0) is 56.6 Å². The Bertz CT molecular complexity index is 428. The van der Waals surface area contributed by atoms with Gasteiger partial charge in [-0.3, -0.25) is 4.90 Å². The standard InChI is InChI=1S/C16H23F3N2/c1-2-15-8-11-21(10-3-9-20-15)12-13-4-6-14(7-5-13)16(17,18)19/h4-7,15,20H,2-3,8-12H2,1H3. The Hall–Kier alpha value is -1.07. The van der Waals surface area contributed by atoms with E-state index in [1.165, 1.54) is 12.1 Å². The molecule has 118 valence electrons. The summed E-state index contributed by atoms with van der Waals surface area (Å²) in [6, 6.07) is 6.10. The second-order valence-corrected chi connectivity index (χ2v) is 5.67. The van der Waals surface area contributed by atoms with Crippen LogP contribution in [0.1, 0.15) is 37.3 Å². The average Bonchev–Trinajstić information content (AvgIpc) is 2.42. The smallest absolute Gasteiger partial charge is 0.314 e. The number of nitrogens with zero attached hydrogens (tertiary/aromatic N) is 1. The Balaban J connectivity index is 1.93. The molecule has 1 aromatic rings. The molecule has 0 bridgehead atoms.